The van der Waals surface area contributed by atoms with Gasteiger partial charge in [-0.1, -0.05) is 6.08 Å². The minimum Gasteiger partial charge on any atom is -0.171 e. The molecule has 1 fully saturated rings. The lowest BCUT2D eigenvalue weighted by Gasteiger charge is -2.01. The van der Waals surface area contributed by atoms with Crippen molar-refractivity contribution in [3.05, 3.63) is 12.7 Å². The molecule has 0 aromatic heterocycles. The fourth-order valence-electron chi connectivity index (χ4n) is 0.852. The quantitative estimate of drug-likeness (QED) is 0.485. The Bertz CT molecular complexity index is 125. The molecule has 9 heavy (non-hydrogen) atoms. The van der Waals surface area contributed by atoms with E-state index in [1.807, 2.05) is 0 Å². The van der Waals surface area contributed by atoms with Gasteiger partial charge >= 0.3 is 6.18 Å². The minimum absolute atomic E-state index is 0.243. The molecule has 0 saturated heterocycles. The van der Waals surface area contributed by atoms with Crippen molar-refractivity contribution in [2.45, 2.75) is 12.6 Å². The molecule has 1 aliphatic rings. The van der Waals surface area contributed by atoms with Gasteiger partial charge < -0.3 is 0 Å². The van der Waals surface area contributed by atoms with Crippen LogP contribution in [-0.4, -0.2) is 6.18 Å². The van der Waals surface area contributed by atoms with E-state index in [1.165, 1.54) is 6.08 Å². The van der Waals surface area contributed by atoms with Gasteiger partial charge in [-0.25, -0.2) is 0 Å². The largest absolute Gasteiger partial charge is 0.392 e. The van der Waals surface area contributed by atoms with Crippen LogP contribution in [0.2, 0.25) is 0 Å². The summed E-state index contributed by atoms with van der Waals surface area (Å²) in [5.74, 6) is -1.39. The second-order valence-corrected chi connectivity index (χ2v) is 2.28. The van der Waals surface area contributed by atoms with E-state index in [1.54, 1.807) is 0 Å². The molecular formula is C6H7F3. The van der Waals surface area contributed by atoms with Gasteiger partial charge in [0.05, 0.1) is 5.92 Å². The van der Waals surface area contributed by atoms with Gasteiger partial charge in [0.15, 0.2) is 0 Å². The summed E-state index contributed by atoms with van der Waals surface area (Å²) < 4.78 is 34.9. The number of hydrogen-bond donors (Lipinski definition) is 0. The van der Waals surface area contributed by atoms with Gasteiger partial charge in [0.25, 0.3) is 0 Å². The van der Waals surface area contributed by atoms with Crippen LogP contribution in [0.4, 0.5) is 13.2 Å². The van der Waals surface area contributed by atoms with Crippen LogP contribution in [0.25, 0.3) is 0 Å². The molecule has 1 aliphatic carbocycles. The standard InChI is InChI=1S/C6H7F3/c1-2-4-3-5(4)6(7,8)9/h2,4-5H,1,3H2. The molecule has 2 atom stereocenters. The predicted octanol–water partition coefficient (Wildman–Crippen LogP) is 2.37. The van der Waals surface area contributed by atoms with Gasteiger partial charge in [-0.2, -0.15) is 13.2 Å². The molecule has 0 aromatic carbocycles. The minimum atomic E-state index is -3.99. The molecule has 0 amide bonds. The fourth-order valence-corrected chi connectivity index (χ4v) is 0.852. The number of alkyl halides is 3. The van der Waals surface area contributed by atoms with E-state index in [9.17, 15) is 13.2 Å². The zero-order valence-electron chi connectivity index (χ0n) is 4.78. The summed E-state index contributed by atoms with van der Waals surface area (Å²) >= 11 is 0. The van der Waals surface area contributed by atoms with Crippen molar-refractivity contribution < 1.29 is 13.2 Å². The van der Waals surface area contributed by atoms with Gasteiger partial charge in [-0.3, -0.25) is 0 Å². The van der Waals surface area contributed by atoms with Crippen molar-refractivity contribution in [3.8, 4) is 0 Å². The van der Waals surface area contributed by atoms with Crippen molar-refractivity contribution in [2.75, 3.05) is 0 Å². The van der Waals surface area contributed by atoms with E-state index in [-0.39, 0.29) is 12.3 Å². The maximum atomic E-state index is 11.6. The summed E-state index contributed by atoms with van der Waals surface area (Å²) in [5.41, 5.74) is 0. The number of halogens is 3. The van der Waals surface area contributed by atoms with Gasteiger partial charge in [0.1, 0.15) is 0 Å². The van der Waals surface area contributed by atoms with E-state index in [4.69, 9.17) is 0 Å². The second kappa shape index (κ2) is 1.75. The fraction of sp³-hybridized carbons (Fsp3) is 0.667. The third kappa shape index (κ3) is 1.26. The SMILES string of the molecule is C=CC1CC1C(F)(F)F. The predicted molar refractivity (Wildman–Crippen MR) is 27.8 cm³/mol. The van der Waals surface area contributed by atoms with Crippen LogP contribution in [0.15, 0.2) is 12.7 Å². The lowest BCUT2D eigenvalue weighted by molar-refractivity contribution is -0.149. The molecule has 0 radical (unpaired) electrons. The summed E-state index contributed by atoms with van der Waals surface area (Å²) in [6, 6.07) is 0. The molecule has 0 aliphatic heterocycles. The van der Waals surface area contributed by atoms with Crippen LogP contribution in [0.3, 0.4) is 0 Å². The van der Waals surface area contributed by atoms with Crippen LogP contribution in [0.5, 0.6) is 0 Å². The molecule has 0 spiro atoms. The lowest BCUT2D eigenvalue weighted by Crippen LogP contribution is -2.11. The van der Waals surface area contributed by atoms with Crippen LogP contribution in [-0.2, 0) is 0 Å². The second-order valence-electron chi connectivity index (χ2n) is 2.28. The first-order chi connectivity index (χ1) is 4.05. The van der Waals surface area contributed by atoms with Gasteiger partial charge in [-0.05, 0) is 12.3 Å². The summed E-state index contributed by atoms with van der Waals surface area (Å²) in [6.07, 6.45) is -2.37. The molecule has 1 rings (SSSR count). The number of allylic oxidation sites excluding steroid dienone is 1. The van der Waals surface area contributed by atoms with E-state index >= 15 is 0 Å². The first-order valence-electron chi connectivity index (χ1n) is 2.75. The summed E-state index contributed by atoms with van der Waals surface area (Å²) in [6.45, 7) is 3.29. The molecule has 0 bridgehead atoms. The first kappa shape index (κ1) is 6.65. The van der Waals surface area contributed by atoms with Crippen molar-refractivity contribution in [3.63, 3.8) is 0 Å². The van der Waals surface area contributed by atoms with Crippen LogP contribution >= 0.6 is 0 Å². The van der Waals surface area contributed by atoms with Crippen molar-refractivity contribution >= 4 is 0 Å². The third-order valence-electron chi connectivity index (χ3n) is 1.56. The highest BCUT2D eigenvalue weighted by Crippen LogP contribution is 2.50. The van der Waals surface area contributed by atoms with Crippen LogP contribution in [0.1, 0.15) is 6.42 Å². The van der Waals surface area contributed by atoms with Gasteiger partial charge in [0, 0.05) is 0 Å². The molecule has 0 heterocycles. The molecular weight excluding hydrogens is 129 g/mol. The summed E-state index contributed by atoms with van der Waals surface area (Å²) in [7, 11) is 0. The third-order valence-corrected chi connectivity index (χ3v) is 1.56. The van der Waals surface area contributed by atoms with E-state index in [2.05, 4.69) is 6.58 Å². The van der Waals surface area contributed by atoms with E-state index in [0.29, 0.717) is 0 Å². The smallest absolute Gasteiger partial charge is 0.171 e. The molecule has 0 nitrogen and oxygen atoms in total. The Labute approximate surface area is 51.4 Å². The molecule has 0 N–H and O–H groups in total. The molecule has 2 unspecified atom stereocenters. The Morgan fingerprint density at radius 1 is 1.44 bits per heavy atom. The number of hydrogen-bond acceptors (Lipinski definition) is 0. The lowest BCUT2D eigenvalue weighted by atomic mass is 10.3. The highest BCUT2D eigenvalue weighted by Gasteiger charge is 2.54. The summed E-state index contributed by atoms with van der Waals surface area (Å²) in [5, 5.41) is 0. The van der Waals surface area contributed by atoms with Crippen molar-refractivity contribution in [1.29, 1.82) is 0 Å². The van der Waals surface area contributed by atoms with Crippen LogP contribution in [0, 0.1) is 11.8 Å². The zero-order chi connectivity index (χ0) is 7.07. The van der Waals surface area contributed by atoms with E-state index in [0.717, 1.165) is 0 Å². The Morgan fingerprint density at radius 2 is 2.00 bits per heavy atom. The molecule has 52 valence electrons. The van der Waals surface area contributed by atoms with Gasteiger partial charge in [0.2, 0.25) is 0 Å². The van der Waals surface area contributed by atoms with E-state index < -0.39 is 12.1 Å². The monoisotopic (exact) mass is 136 g/mol. The normalized spacial score (nSPS) is 34.1. The highest BCUT2D eigenvalue weighted by molar-refractivity contribution is 5.01. The maximum Gasteiger partial charge on any atom is 0.392 e. The molecule has 3 heteroatoms. The first-order valence-corrected chi connectivity index (χ1v) is 2.75. The topological polar surface area (TPSA) is 0 Å². The Morgan fingerprint density at radius 3 is 2.11 bits per heavy atom. The number of rotatable bonds is 1. The maximum absolute atomic E-state index is 11.6. The molecule has 1 saturated carbocycles. The Balaban J connectivity index is 2.42. The average Bonchev–Trinajstić information content (AvgIpc) is 2.39. The van der Waals surface area contributed by atoms with Crippen molar-refractivity contribution in [2.24, 2.45) is 11.8 Å². The van der Waals surface area contributed by atoms with Gasteiger partial charge in [-0.15, -0.1) is 6.58 Å². The van der Waals surface area contributed by atoms with Crippen LogP contribution < -0.4 is 0 Å². The Hall–Kier alpha value is -0.470. The zero-order valence-corrected chi connectivity index (χ0v) is 4.78. The average molecular weight is 136 g/mol. The van der Waals surface area contributed by atoms with Crippen molar-refractivity contribution in [1.82, 2.24) is 0 Å². The Kier molecular flexibility index (Phi) is 1.30. The summed E-state index contributed by atoms with van der Waals surface area (Å²) in [4.78, 5) is 0. The highest BCUT2D eigenvalue weighted by atomic mass is 19.4. The molecule has 0 aromatic rings.